The molecule has 0 radical (unpaired) electrons. The van der Waals surface area contributed by atoms with Crippen molar-refractivity contribution in [2.24, 2.45) is 5.92 Å². The SMILES string of the molecule is CC(=O)O[C@@H]1[C@@H](CC(=O)O)[C@H](OC(C)=O)[C@]2(C(C)(C)O)CO[C@@]1(c1ccc(C)c(Cc3ccc(CCCC(=O)NC(C)(C)C(=O)CCCN(C)C)cc3)c1)O2. The lowest BCUT2D eigenvalue weighted by Crippen LogP contribution is -2.70. The topological polar surface area (TPSA) is 178 Å². The second-order valence-electron chi connectivity index (χ2n) is 16.3. The monoisotopic (exact) mass is 766 g/mol. The minimum Gasteiger partial charge on any atom is -0.481 e. The quantitative estimate of drug-likeness (QED) is 0.183. The first kappa shape index (κ1) is 43.6. The van der Waals surface area contributed by atoms with Crippen LogP contribution in [0.4, 0.5) is 0 Å². The van der Waals surface area contributed by atoms with E-state index in [4.69, 9.17) is 18.9 Å². The number of aryl methyl sites for hydroxylation is 2. The fraction of sp³-hybridized carbons (Fsp3) is 0.595. The van der Waals surface area contributed by atoms with E-state index in [0.29, 0.717) is 37.7 Å². The standard InChI is InChI=1S/C42H58N2O11/c1-26-15-20-32(42-38(54-28(3)46)33(24-36(49)50)37(53-27(2)45)41(55-42,25-52-42)40(6,7)51)23-31(26)22-30-18-16-29(17-19-30)12-10-14-35(48)43-39(4,5)34(47)13-11-21-44(8)9/h15-20,23,33,37-38,51H,10-14,21-22,24-25H2,1-9H3,(H,43,48)(H,49,50)/t33-,37-,38+,41-,42-/m0/s1. The maximum absolute atomic E-state index is 12.7. The highest BCUT2D eigenvalue weighted by Crippen LogP contribution is 2.57. The van der Waals surface area contributed by atoms with Crippen molar-refractivity contribution in [1.29, 1.82) is 0 Å². The molecule has 5 atom stereocenters. The Balaban J connectivity index is 1.52. The Hall–Kier alpha value is -4.17. The molecule has 2 heterocycles. The molecule has 0 aliphatic carbocycles. The molecule has 13 heteroatoms. The predicted octanol–water partition coefficient (Wildman–Crippen LogP) is 4.39. The highest BCUT2D eigenvalue weighted by molar-refractivity contribution is 5.92. The average molecular weight is 767 g/mol. The number of amides is 1. The van der Waals surface area contributed by atoms with Crippen molar-refractivity contribution in [2.75, 3.05) is 27.2 Å². The summed E-state index contributed by atoms with van der Waals surface area (Å²) in [6, 6.07) is 13.6. The fourth-order valence-electron chi connectivity index (χ4n) is 7.61. The number of hydrogen-bond donors (Lipinski definition) is 3. The number of carbonyl (C=O) groups is 5. The molecule has 0 saturated carbocycles. The van der Waals surface area contributed by atoms with E-state index in [1.165, 1.54) is 27.7 Å². The molecule has 2 saturated heterocycles. The van der Waals surface area contributed by atoms with Crippen LogP contribution in [0.5, 0.6) is 0 Å². The van der Waals surface area contributed by atoms with Crippen LogP contribution in [0.1, 0.15) is 101 Å². The van der Waals surface area contributed by atoms with E-state index < -0.39 is 65.0 Å². The van der Waals surface area contributed by atoms with Crippen molar-refractivity contribution in [1.82, 2.24) is 10.2 Å². The van der Waals surface area contributed by atoms with Crippen molar-refractivity contribution in [2.45, 2.75) is 128 Å². The normalized spacial score (nSPS) is 23.7. The summed E-state index contributed by atoms with van der Waals surface area (Å²) in [7, 11) is 3.92. The van der Waals surface area contributed by atoms with Gasteiger partial charge in [0, 0.05) is 32.3 Å². The Morgan fingerprint density at radius 3 is 2.11 bits per heavy atom. The van der Waals surface area contributed by atoms with E-state index in [1.54, 1.807) is 19.9 Å². The number of hydrogen-bond acceptors (Lipinski definition) is 11. The van der Waals surface area contributed by atoms with Crippen molar-refractivity contribution < 1.29 is 53.1 Å². The molecule has 0 aromatic heterocycles. The van der Waals surface area contributed by atoms with Gasteiger partial charge in [-0.15, -0.1) is 0 Å². The maximum Gasteiger partial charge on any atom is 0.303 e. The summed E-state index contributed by atoms with van der Waals surface area (Å²) in [5.74, 6) is -5.75. The third-order valence-electron chi connectivity index (χ3n) is 10.7. The zero-order chi connectivity index (χ0) is 40.9. The number of carboxylic acids is 1. The third-order valence-corrected chi connectivity index (χ3v) is 10.7. The number of Topliss-reactive ketones (excluding diaryl/α,β-unsaturated/α-hetero) is 1. The lowest BCUT2D eigenvalue weighted by atomic mass is 9.70. The van der Waals surface area contributed by atoms with Gasteiger partial charge in [-0.25, -0.2) is 0 Å². The van der Waals surface area contributed by atoms with E-state index in [0.717, 1.165) is 35.2 Å². The molecule has 2 fully saturated rings. The van der Waals surface area contributed by atoms with Gasteiger partial charge in [-0.2, -0.15) is 0 Å². The zero-order valence-corrected chi connectivity index (χ0v) is 33.7. The molecule has 2 aromatic carbocycles. The number of fused-ring (bicyclic) bond motifs is 2. The molecule has 2 aromatic rings. The second-order valence-corrected chi connectivity index (χ2v) is 16.3. The van der Waals surface area contributed by atoms with Crippen LogP contribution in [0.3, 0.4) is 0 Å². The van der Waals surface area contributed by atoms with Crippen LogP contribution in [0.25, 0.3) is 0 Å². The number of rotatable bonds is 18. The lowest BCUT2D eigenvalue weighted by Gasteiger charge is -2.53. The van der Waals surface area contributed by atoms with E-state index in [1.807, 2.05) is 62.3 Å². The van der Waals surface area contributed by atoms with E-state index in [-0.39, 0.29) is 18.3 Å². The summed E-state index contributed by atoms with van der Waals surface area (Å²) in [6.07, 6.45) is 0.0349. The van der Waals surface area contributed by atoms with Gasteiger partial charge in [-0.1, -0.05) is 36.4 Å². The highest BCUT2D eigenvalue weighted by Gasteiger charge is 2.74. The van der Waals surface area contributed by atoms with E-state index in [9.17, 15) is 34.2 Å². The van der Waals surface area contributed by atoms with Crippen LogP contribution in [0.15, 0.2) is 42.5 Å². The number of aliphatic carboxylic acids is 1. The molecular formula is C42H58N2O11. The summed E-state index contributed by atoms with van der Waals surface area (Å²) in [5, 5.41) is 24.4. The number of aliphatic hydroxyl groups is 1. The first-order valence-corrected chi connectivity index (χ1v) is 18.9. The number of esters is 2. The summed E-state index contributed by atoms with van der Waals surface area (Å²) < 4.78 is 24.6. The van der Waals surface area contributed by atoms with Crippen molar-refractivity contribution >= 4 is 29.6 Å². The maximum atomic E-state index is 12.7. The number of carboxylic acid groups (broad SMARTS) is 1. The summed E-state index contributed by atoms with van der Waals surface area (Å²) in [6.45, 7) is 11.3. The van der Waals surface area contributed by atoms with Gasteiger partial charge in [0.2, 0.25) is 11.7 Å². The van der Waals surface area contributed by atoms with Crippen LogP contribution in [0, 0.1) is 12.8 Å². The largest absolute Gasteiger partial charge is 0.481 e. The number of benzene rings is 2. The molecule has 302 valence electrons. The highest BCUT2D eigenvalue weighted by atomic mass is 16.8. The number of ether oxygens (including phenoxy) is 4. The summed E-state index contributed by atoms with van der Waals surface area (Å²) in [5.41, 5.74) is 0.0850. The van der Waals surface area contributed by atoms with Gasteiger partial charge in [0.05, 0.1) is 30.1 Å². The molecule has 55 heavy (non-hydrogen) atoms. The molecule has 1 amide bonds. The van der Waals surface area contributed by atoms with Crippen molar-refractivity contribution in [3.8, 4) is 0 Å². The Morgan fingerprint density at radius 2 is 1.53 bits per heavy atom. The van der Waals surface area contributed by atoms with Gasteiger partial charge in [0.25, 0.3) is 0 Å². The van der Waals surface area contributed by atoms with Crippen LogP contribution in [0.2, 0.25) is 0 Å². The van der Waals surface area contributed by atoms with Gasteiger partial charge in [0.15, 0.2) is 17.5 Å². The minimum absolute atomic E-state index is 0.0162. The first-order valence-electron chi connectivity index (χ1n) is 18.9. The van der Waals surface area contributed by atoms with Gasteiger partial charge in [0.1, 0.15) is 6.10 Å². The number of nitrogens with one attached hydrogen (secondary N) is 1. The second kappa shape index (κ2) is 17.3. The molecule has 2 aliphatic heterocycles. The molecular weight excluding hydrogens is 708 g/mol. The molecule has 0 spiro atoms. The summed E-state index contributed by atoms with van der Waals surface area (Å²) >= 11 is 0. The molecule has 2 bridgehead atoms. The first-order chi connectivity index (χ1) is 25.6. The molecule has 0 unspecified atom stereocenters. The lowest BCUT2D eigenvalue weighted by molar-refractivity contribution is -0.341. The summed E-state index contributed by atoms with van der Waals surface area (Å²) in [4.78, 5) is 64.5. The Bertz CT molecular complexity index is 1730. The molecule has 13 nitrogen and oxygen atoms in total. The number of carbonyl (C=O) groups excluding carboxylic acids is 4. The predicted molar refractivity (Wildman–Crippen MR) is 203 cm³/mol. The van der Waals surface area contributed by atoms with Crippen molar-refractivity contribution in [3.63, 3.8) is 0 Å². The Morgan fingerprint density at radius 1 is 0.909 bits per heavy atom. The van der Waals surface area contributed by atoms with E-state index >= 15 is 0 Å². The fourth-order valence-corrected chi connectivity index (χ4v) is 7.61. The van der Waals surface area contributed by atoms with Crippen LogP contribution in [-0.2, 0) is 61.5 Å². The minimum atomic E-state index is -1.82. The van der Waals surface area contributed by atoms with Gasteiger partial charge in [-0.05, 0) is 109 Å². The van der Waals surface area contributed by atoms with Crippen LogP contribution >= 0.6 is 0 Å². The van der Waals surface area contributed by atoms with Crippen LogP contribution < -0.4 is 5.32 Å². The smallest absolute Gasteiger partial charge is 0.303 e. The third kappa shape index (κ3) is 10.2. The van der Waals surface area contributed by atoms with Crippen LogP contribution in [-0.4, -0.2) is 101 Å². The molecule has 2 aliphatic rings. The number of nitrogens with zero attached hydrogens (tertiary/aromatic N) is 1. The number of ketones is 1. The van der Waals surface area contributed by atoms with Gasteiger partial charge < -0.3 is 39.4 Å². The van der Waals surface area contributed by atoms with Gasteiger partial charge in [-0.3, -0.25) is 24.0 Å². The van der Waals surface area contributed by atoms with E-state index in [2.05, 4.69) is 5.32 Å². The Labute approximate surface area is 324 Å². The molecule has 4 rings (SSSR count). The van der Waals surface area contributed by atoms with Gasteiger partial charge >= 0.3 is 17.9 Å². The average Bonchev–Trinajstić information content (AvgIpc) is 3.45. The Kier molecular flexibility index (Phi) is 13.7. The zero-order valence-electron chi connectivity index (χ0n) is 33.7. The van der Waals surface area contributed by atoms with Crippen molar-refractivity contribution in [3.05, 3.63) is 70.3 Å². The molecule has 3 N–H and O–H groups in total.